The Morgan fingerprint density at radius 2 is 1.80 bits per heavy atom. The van der Waals surface area contributed by atoms with Gasteiger partial charge in [0.05, 0.1) is 13.1 Å². The molecule has 20 heavy (non-hydrogen) atoms. The second-order valence-corrected chi connectivity index (χ2v) is 6.61. The fourth-order valence-electron chi connectivity index (χ4n) is 3.68. The molecule has 3 rings (SSSR count). The van der Waals surface area contributed by atoms with Gasteiger partial charge in [0.25, 0.3) is 0 Å². The molecule has 0 amide bonds. The van der Waals surface area contributed by atoms with Gasteiger partial charge in [-0.25, -0.2) is 4.68 Å². The molecule has 1 aliphatic heterocycles. The van der Waals surface area contributed by atoms with Crippen LogP contribution >= 0.6 is 0 Å². The van der Waals surface area contributed by atoms with Crippen LogP contribution in [0, 0.1) is 0 Å². The average molecular weight is 280 g/mol. The van der Waals surface area contributed by atoms with Crippen LogP contribution in [0.15, 0.2) is 0 Å². The molecule has 1 aliphatic carbocycles. The Morgan fingerprint density at radius 3 is 2.50 bits per heavy atom. The zero-order valence-corrected chi connectivity index (χ0v) is 12.8. The van der Waals surface area contributed by atoms with Crippen molar-refractivity contribution in [2.24, 2.45) is 0 Å². The van der Waals surface area contributed by atoms with Crippen molar-refractivity contribution in [3.05, 3.63) is 5.82 Å². The van der Waals surface area contributed by atoms with E-state index in [2.05, 4.69) is 34.2 Å². The minimum Gasteiger partial charge on any atom is -0.328 e. The molecule has 0 bridgehead atoms. The molecule has 1 aromatic heterocycles. The van der Waals surface area contributed by atoms with E-state index in [9.17, 15) is 0 Å². The summed E-state index contributed by atoms with van der Waals surface area (Å²) in [4.78, 5) is 3.29. The molecule has 0 unspecified atom stereocenters. The number of hydrogen-bond acceptors (Lipinski definition) is 3. The summed E-state index contributed by atoms with van der Waals surface area (Å²) in [5, 5.41) is 12.6. The third kappa shape index (κ3) is 2.86. The number of quaternary nitrogens is 2. The summed E-state index contributed by atoms with van der Waals surface area (Å²) in [6.07, 6.45) is 6.50. The van der Waals surface area contributed by atoms with E-state index in [1.807, 2.05) is 0 Å². The Labute approximate surface area is 121 Å². The molecule has 2 aliphatic rings. The molecule has 2 N–H and O–H groups in total. The first kappa shape index (κ1) is 13.9. The molecular weight excluding hydrogens is 252 g/mol. The Hall–Kier alpha value is -1.01. The van der Waals surface area contributed by atoms with E-state index in [4.69, 9.17) is 0 Å². The number of nitrogens with zero attached hydrogens (tertiary/aromatic N) is 4. The number of likely N-dealkylation sites (N-methyl/N-ethyl adjacent to an activating group) is 1. The van der Waals surface area contributed by atoms with Crippen molar-refractivity contribution in [2.45, 2.75) is 51.1 Å². The highest BCUT2D eigenvalue weighted by Crippen LogP contribution is 2.28. The maximum absolute atomic E-state index is 4.36. The maximum atomic E-state index is 4.36. The van der Waals surface area contributed by atoms with Gasteiger partial charge < -0.3 is 9.80 Å². The molecule has 0 spiro atoms. The SMILES string of the molecule is C[C@H](c1nnnn1C1CCCCC1)[NH+]1CC[NH+](C)CC1. The monoisotopic (exact) mass is 280 g/mol. The van der Waals surface area contributed by atoms with Crippen molar-refractivity contribution in [2.75, 3.05) is 33.2 Å². The molecule has 0 aromatic carbocycles. The van der Waals surface area contributed by atoms with Crippen molar-refractivity contribution in [3.63, 3.8) is 0 Å². The summed E-state index contributed by atoms with van der Waals surface area (Å²) < 4.78 is 2.14. The molecule has 2 heterocycles. The molecule has 6 heteroatoms. The predicted octanol–water partition coefficient (Wildman–Crippen LogP) is -1.35. The lowest BCUT2D eigenvalue weighted by atomic mass is 9.95. The normalized spacial score (nSPS) is 30.3. The van der Waals surface area contributed by atoms with Gasteiger partial charge in [-0.2, -0.15) is 0 Å². The standard InChI is InChI=1S/C14H26N6/c1-12(19-10-8-18(2)9-11-19)14-15-16-17-20(14)13-6-4-3-5-7-13/h12-13H,3-11H2,1-2H3/p+2/t12-/m1/s1. The minimum atomic E-state index is 0.417. The summed E-state index contributed by atoms with van der Waals surface area (Å²) in [5.41, 5.74) is 0. The second kappa shape index (κ2) is 6.18. The lowest BCUT2D eigenvalue weighted by molar-refractivity contribution is -1.02. The van der Waals surface area contributed by atoms with Crippen LogP contribution in [0.1, 0.15) is 56.9 Å². The number of tetrazole rings is 1. The van der Waals surface area contributed by atoms with Crippen LogP contribution in [-0.2, 0) is 0 Å². The van der Waals surface area contributed by atoms with E-state index in [1.165, 1.54) is 58.3 Å². The highest BCUT2D eigenvalue weighted by atomic mass is 15.6. The summed E-state index contributed by atoms with van der Waals surface area (Å²) in [6.45, 7) is 7.26. The van der Waals surface area contributed by atoms with E-state index in [1.54, 1.807) is 9.80 Å². The van der Waals surface area contributed by atoms with Crippen LogP contribution in [0.2, 0.25) is 0 Å². The van der Waals surface area contributed by atoms with Crippen LogP contribution in [0.5, 0.6) is 0 Å². The molecule has 1 saturated heterocycles. The second-order valence-electron chi connectivity index (χ2n) is 6.61. The van der Waals surface area contributed by atoms with E-state index in [-0.39, 0.29) is 0 Å². The van der Waals surface area contributed by atoms with Crippen LogP contribution < -0.4 is 9.80 Å². The number of nitrogens with one attached hydrogen (secondary N) is 2. The zero-order valence-electron chi connectivity index (χ0n) is 12.8. The Kier molecular flexibility index (Phi) is 4.31. The fourth-order valence-corrected chi connectivity index (χ4v) is 3.68. The first-order valence-electron chi connectivity index (χ1n) is 8.19. The molecule has 1 aromatic rings. The van der Waals surface area contributed by atoms with Gasteiger partial charge >= 0.3 is 0 Å². The summed E-state index contributed by atoms with van der Waals surface area (Å²) in [6, 6.07) is 0.953. The Morgan fingerprint density at radius 1 is 1.10 bits per heavy atom. The first-order valence-corrected chi connectivity index (χ1v) is 8.19. The summed E-state index contributed by atoms with van der Waals surface area (Å²) in [5.74, 6) is 1.10. The van der Waals surface area contributed by atoms with Gasteiger partial charge in [0.15, 0.2) is 0 Å². The van der Waals surface area contributed by atoms with Gasteiger partial charge in [0, 0.05) is 0 Å². The lowest BCUT2D eigenvalue weighted by Crippen LogP contribution is -3.26. The van der Waals surface area contributed by atoms with Crippen molar-refractivity contribution in [1.29, 1.82) is 0 Å². The van der Waals surface area contributed by atoms with Gasteiger partial charge in [0.1, 0.15) is 32.2 Å². The predicted molar refractivity (Wildman–Crippen MR) is 75.7 cm³/mol. The summed E-state index contributed by atoms with van der Waals surface area (Å²) in [7, 11) is 2.29. The molecule has 1 saturated carbocycles. The summed E-state index contributed by atoms with van der Waals surface area (Å²) >= 11 is 0. The van der Waals surface area contributed by atoms with E-state index >= 15 is 0 Å². The van der Waals surface area contributed by atoms with Crippen LogP contribution in [0.3, 0.4) is 0 Å². The topological polar surface area (TPSA) is 52.5 Å². The molecule has 2 fully saturated rings. The molecule has 112 valence electrons. The van der Waals surface area contributed by atoms with E-state index in [0.29, 0.717) is 12.1 Å². The Balaban J connectivity index is 1.71. The third-order valence-electron chi connectivity index (χ3n) is 5.18. The zero-order chi connectivity index (χ0) is 13.9. The minimum absolute atomic E-state index is 0.417. The highest BCUT2D eigenvalue weighted by molar-refractivity contribution is 4.89. The number of hydrogen-bond donors (Lipinski definition) is 2. The van der Waals surface area contributed by atoms with E-state index < -0.39 is 0 Å². The maximum Gasteiger partial charge on any atom is 0.209 e. The quantitative estimate of drug-likeness (QED) is 0.720. The van der Waals surface area contributed by atoms with Gasteiger partial charge in [-0.1, -0.05) is 19.3 Å². The van der Waals surface area contributed by atoms with Crippen LogP contribution in [0.25, 0.3) is 0 Å². The van der Waals surface area contributed by atoms with Gasteiger partial charge in [-0.05, 0) is 30.2 Å². The van der Waals surface area contributed by atoms with Gasteiger partial charge in [-0.3, -0.25) is 0 Å². The largest absolute Gasteiger partial charge is 0.328 e. The van der Waals surface area contributed by atoms with Crippen LogP contribution in [0.4, 0.5) is 0 Å². The van der Waals surface area contributed by atoms with Crippen molar-refractivity contribution in [3.8, 4) is 0 Å². The van der Waals surface area contributed by atoms with Gasteiger partial charge in [0.2, 0.25) is 5.82 Å². The molecule has 6 nitrogen and oxygen atoms in total. The third-order valence-corrected chi connectivity index (χ3v) is 5.18. The lowest BCUT2D eigenvalue weighted by Gasteiger charge is -2.32. The van der Waals surface area contributed by atoms with Crippen molar-refractivity contribution in [1.82, 2.24) is 20.2 Å². The number of piperazine rings is 1. The van der Waals surface area contributed by atoms with Crippen molar-refractivity contribution >= 4 is 0 Å². The molecule has 0 radical (unpaired) electrons. The molecule has 1 atom stereocenters. The fraction of sp³-hybridized carbons (Fsp3) is 0.929. The van der Waals surface area contributed by atoms with Crippen molar-refractivity contribution < 1.29 is 9.80 Å². The number of rotatable bonds is 3. The Bertz CT molecular complexity index is 417. The van der Waals surface area contributed by atoms with Gasteiger partial charge in [-0.15, -0.1) is 5.10 Å². The average Bonchev–Trinajstić information content (AvgIpc) is 2.97. The van der Waals surface area contributed by atoms with Crippen LogP contribution in [-0.4, -0.2) is 53.4 Å². The first-order chi connectivity index (χ1) is 9.75. The molecular formula is C14H28N6+2. The highest BCUT2D eigenvalue weighted by Gasteiger charge is 2.31. The van der Waals surface area contributed by atoms with E-state index in [0.717, 1.165) is 5.82 Å². The number of aromatic nitrogens is 4. The smallest absolute Gasteiger partial charge is 0.209 e.